The van der Waals surface area contributed by atoms with Crippen molar-refractivity contribution in [3.05, 3.63) is 70.8 Å². The zero-order valence-electron chi connectivity index (χ0n) is 15.9. The maximum absolute atomic E-state index is 13.0. The van der Waals surface area contributed by atoms with Gasteiger partial charge in [-0.15, -0.1) is 0 Å². The van der Waals surface area contributed by atoms with Gasteiger partial charge in [0.25, 0.3) is 5.91 Å². The lowest BCUT2D eigenvalue weighted by atomic mass is 9.88. The average Bonchev–Trinajstić information content (AvgIpc) is 2.87. The van der Waals surface area contributed by atoms with Crippen LogP contribution in [0, 0.1) is 6.92 Å². The fourth-order valence-electron chi connectivity index (χ4n) is 3.54. The fourth-order valence-corrected chi connectivity index (χ4v) is 3.54. The Bertz CT molecular complexity index is 889. The minimum absolute atomic E-state index is 0.254. The summed E-state index contributed by atoms with van der Waals surface area (Å²) in [5.41, 5.74) is 2.15. The van der Waals surface area contributed by atoms with Gasteiger partial charge in [0.15, 0.2) is 5.78 Å². The van der Waals surface area contributed by atoms with Crippen LogP contribution in [0.15, 0.2) is 48.5 Å². The molecule has 0 saturated carbocycles. The largest absolute Gasteiger partial charge is 0.325 e. The molecule has 1 aliphatic heterocycles. The van der Waals surface area contributed by atoms with Crippen LogP contribution in [0.4, 0.5) is 4.79 Å². The molecule has 140 valence electrons. The van der Waals surface area contributed by atoms with Crippen molar-refractivity contribution < 1.29 is 14.4 Å². The molecule has 5 nitrogen and oxygen atoms in total. The predicted octanol–water partition coefficient (Wildman–Crippen LogP) is 3.60. The van der Waals surface area contributed by atoms with Crippen LogP contribution in [0.2, 0.25) is 0 Å². The number of nitrogens with one attached hydrogen (secondary N) is 1. The summed E-state index contributed by atoms with van der Waals surface area (Å²) in [5.74, 6) is -0.659. The van der Waals surface area contributed by atoms with E-state index in [1.807, 2.05) is 43.3 Å². The Morgan fingerprint density at radius 1 is 1.07 bits per heavy atom. The number of nitrogens with zero attached hydrogens (tertiary/aromatic N) is 1. The van der Waals surface area contributed by atoms with E-state index in [2.05, 4.69) is 12.2 Å². The minimum Gasteiger partial charge on any atom is -0.319 e. The Hall–Kier alpha value is -2.95. The van der Waals surface area contributed by atoms with Gasteiger partial charge in [0.1, 0.15) is 5.54 Å². The molecule has 2 aromatic rings. The van der Waals surface area contributed by atoms with E-state index in [0.717, 1.165) is 34.4 Å². The Balaban J connectivity index is 1.79. The van der Waals surface area contributed by atoms with Crippen LogP contribution in [-0.2, 0) is 16.8 Å². The number of hydrogen-bond acceptors (Lipinski definition) is 3. The highest BCUT2D eigenvalue weighted by Crippen LogP contribution is 2.31. The van der Waals surface area contributed by atoms with Gasteiger partial charge in [0, 0.05) is 5.56 Å². The molecular weight excluding hydrogens is 340 g/mol. The van der Waals surface area contributed by atoms with E-state index in [9.17, 15) is 14.4 Å². The number of imide groups is 1. The van der Waals surface area contributed by atoms with Crippen LogP contribution in [0.1, 0.15) is 47.3 Å². The van der Waals surface area contributed by atoms with Gasteiger partial charge in [-0.25, -0.2) is 4.79 Å². The van der Waals surface area contributed by atoms with Crippen molar-refractivity contribution in [1.82, 2.24) is 10.2 Å². The summed E-state index contributed by atoms with van der Waals surface area (Å²) in [6.07, 6.45) is 1.99. The van der Waals surface area contributed by atoms with Crippen molar-refractivity contribution in [2.75, 3.05) is 6.54 Å². The molecule has 5 heteroatoms. The first-order valence-corrected chi connectivity index (χ1v) is 9.19. The highest BCUT2D eigenvalue weighted by molar-refractivity contribution is 6.11. The number of ketones is 1. The zero-order valence-corrected chi connectivity index (χ0v) is 15.9. The van der Waals surface area contributed by atoms with Crippen molar-refractivity contribution in [2.24, 2.45) is 0 Å². The number of urea groups is 1. The third-order valence-electron chi connectivity index (χ3n) is 5.08. The SMILES string of the molecule is CCCc1ccc(C(=O)CN2C(=O)NC(C)(c3ccccc3C)C2=O)cc1. The zero-order chi connectivity index (χ0) is 19.6. The molecule has 0 bridgehead atoms. The molecular formula is C22H24N2O3. The number of rotatable bonds is 6. The molecule has 1 saturated heterocycles. The summed E-state index contributed by atoms with van der Waals surface area (Å²) in [7, 11) is 0. The smallest absolute Gasteiger partial charge is 0.319 e. The second-order valence-electron chi connectivity index (χ2n) is 7.13. The van der Waals surface area contributed by atoms with E-state index in [1.54, 1.807) is 19.1 Å². The van der Waals surface area contributed by atoms with Gasteiger partial charge >= 0.3 is 6.03 Å². The number of amides is 3. The minimum atomic E-state index is -1.16. The topological polar surface area (TPSA) is 66.5 Å². The third-order valence-corrected chi connectivity index (χ3v) is 5.08. The molecule has 2 aromatic carbocycles. The number of aryl methyl sites for hydroxylation is 2. The second kappa shape index (κ2) is 7.35. The standard InChI is InChI=1S/C22H24N2O3/c1-4-7-16-10-12-17(13-11-16)19(25)14-24-20(26)22(3,23-21(24)27)18-9-6-5-8-15(18)2/h5-6,8-13H,4,7,14H2,1-3H3,(H,23,27). The highest BCUT2D eigenvalue weighted by atomic mass is 16.2. The molecule has 0 aromatic heterocycles. The molecule has 3 amide bonds. The summed E-state index contributed by atoms with van der Waals surface area (Å²) in [5, 5.41) is 2.76. The van der Waals surface area contributed by atoms with Crippen LogP contribution in [-0.4, -0.2) is 29.2 Å². The molecule has 1 atom stereocenters. The number of benzene rings is 2. The van der Waals surface area contributed by atoms with Crippen LogP contribution in [0.3, 0.4) is 0 Å². The fraction of sp³-hybridized carbons (Fsp3) is 0.318. The first-order chi connectivity index (χ1) is 12.9. The van der Waals surface area contributed by atoms with Gasteiger partial charge in [0.05, 0.1) is 6.54 Å². The number of carbonyl (C=O) groups excluding carboxylic acids is 3. The van der Waals surface area contributed by atoms with Crippen LogP contribution < -0.4 is 5.32 Å². The number of Topliss-reactive ketones (excluding diaryl/α,β-unsaturated/α-hetero) is 1. The summed E-state index contributed by atoms with van der Waals surface area (Å²) in [6, 6.07) is 14.2. The van der Waals surface area contributed by atoms with E-state index in [4.69, 9.17) is 0 Å². The van der Waals surface area contributed by atoms with Crippen LogP contribution >= 0.6 is 0 Å². The van der Waals surface area contributed by atoms with Crippen LogP contribution in [0.25, 0.3) is 0 Å². The highest BCUT2D eigenvalue weighted by Gasteiger charge is 2.49. The normalized spacial score (nSPS) is 19.3. The maximum atomic E-state index is 13.0. The molecule has 1 heterocycles. The van der Waals surface area contributed by atoms with Crippen molar-refractivity contribution in [2.45, 2.75) is 39.2 Å². The van der Waals surface area contributed by atoms with Gasteiger partial charge in [-0.3, -0.25) is 14.5 Å². The summed E-state index contributed by atoms with van der Waals surface area (Å²) >= 11 is 0. The molecule has 27 heavy (non-hydrogen) atoms. The monoisotopic (exact) mass is 364 g/mol. The molecule has 0 spiro atoms. The maximum Gasteiger partial charge on any atom is 0.325 e. The lowest BCUT2D eigenvalue weighted by Gasteiger charge is -2.24. The van der Waals surface area contributed by atoms with Crippen molar-refractivity contribution in [3.8, 4) is 0 Å². The van der Waals surface area contributed by atoms with E-state index < -0.39 is 17.5 Å². The summed E-state index contributed by atoms with van der Waals surface area (Å²) in [4.78, 5) is 39.0. The third kappa shape index (κ3) is 3.50. The molecule has 0 radical (unpaired) electrons. The van der Waals surface area contributed by atoms with Gasteiger partial charge in [0.2, 0.25) is 0 Å². The molecule has 1 unspecified atom stereocenters. The first-order valence-electron chi connectivity index (χ1n) is 9.19. The van der Waals surface area contributed by atoms with Crippen molar-refractivity contribution in [1.29, 1.82) is 0 Å². The van der Waals surface area contributed by atoms with E-state index in [0.29, 0.717) is 5.56 Å². The Kier molecular flexibility index (Phi) is 5.13. The molecule has 1 N–H and O–H groups in total. The number of hydrogen-bond donors (Lipinski definition) is 1. The summed E-state index contributed by atoms with van der Waals surface area (Å²) in [6.45, 7) is 5.41. The van der Waals surface area contributed by atoms with E-state index in [1.165, 1.54) is 0 Å². The second-order valence-corrected chi connectivity index (χ2v) is 7.13. The molecule has 3 rings (SSSR count). The molecule has 1 aliphatic rings. The van der Waals surface area contributed by atoms with Gasteiger partial charge in [-0.2, -0.15) is 0 Å². The molecule has 0 aliphatic carbocycles. The van der Waals surface area contributed by atoms with E-state index in [-0.39, 0.29) is 12.3 Å². The Morgan fingerprint density at radius 3 is 2.37 bits per heavy atom. The quantitative estimate of drug-likeness (QED) is 0.629. The predicted molar refractivity (Wildman–Crippen MR) is 104 cm³/mol. The Labute approximate surface area is 159 Å². The average molecular weight is 364 g/mol. The first kappa shape index (κ1) is 18.8. The van der Waals surface area contributed by atoms with Gasteiger partial charge in [-0.05, 0) is 37.0 Å². The molecule has 1 fully saturated rings. The Morgan fingerprint density at radius 2 is 1.74 bits per heavy atom. The van der Waals surface area contributed by atoms with Gasteiger partial charge in [-0.1, -0.05) is 61.9 Å². The van der Waals surface area contributed by atoms with Crippen LogP contribution in [0.5, 0.6) is 0 Å². The van der Waals surface area contributed by atoms with Gasteiger partial charge < -0.3 is 5.32 Å². The summed E-state index contributed by atoms with van der Waals surface area (Å²) < 4.78 is 0. The lowest BCUT2D eigenvalue weighted by Crippen LogP contribution is -2.42. The van der Waals surface area contributed by atoms with E-state index >= 15 is 0 Å². The van der Waals surface area contributed by atoms with Crippen molar-refractivity contribution >= 4 is 17.7 Å². The lowest BCUT2D eigenvalue weighted by molar-refractivity contribution is -0.130. The number of carbonyl (C=O) groups is 3. The van der Waals surface area contributed by atoms with Crippen molar-refractivity contribution in [3.63, 3.8) is 0 Å².